The highest BCUT2D eigenvalue weighted by Gasteiger charge is 2.20. The topological polar surface area (TPSA) is 91.0 Å². The van der Waals surface area contributed by atoms with Gasteiger partial charge in [-0.3, -0.25) is 0 Å². The first-order valence-electron chi connectivity index (χ1n) is 5.09. The van der Waals surface area contributed by atoms with Crippen molar-refractivity contribution < 1.29 is 4.42 Å². The van der Waals surface area contributed by atoms with Crippen molar-refractivity contribution in [2.24, 2.45) is 0 Å². The van der Waals surface area contributed by atoms with Crippen molar-refractivity contribution in [3.05, 3.63) is 11.3 Å². The van der Waals surface area contributed by atoms with Crippen LogP contribution in [0.15, 0.2) is 4.42 Å². The number of furan rings is 1. The third kappa shape index (κ3) is 1.16. The molecule has 15 heavy (non-hydrogen) atoms. The zero-order valence-electron chi connectivity index (χ0n) is 8.29. The highest BCUT2D eigenvalue weighted by atomic mass is 16.3. The van der Waals surface area contributed by atoms with Crippen molar-refractivity contribution in [3.63, 3.8) is 0 Å². The molecule has 2 heterocycles. The Morgan fingerprint density at radius 3 is 2.73 bits per heavy atom. The van der Waals surface area contributed by atoms with Gasteiger partial charge in [-0.25, -0.2) is 4.98 Å². The molecule has 0 saturated heterocycles. The Morgan fingerprint density at radius 1 is 1.07 bits per heavy atom. The summed E-state index contributed by atoms with van der Waals surface area (Å²) in [5.74, 6) is 1.56. The summed E-state index contributed by atoms with van der Waals surface area (Å²) in [5, 5.41) is 0. The fraction of sp³-hybridized carbons (Fsp3) is 0.400. The third-order valence-electron chi connectivity index (χ3n) is 2.84. The second-order valence-electron chi connectivity index (χ2n) is 3.86. The first-order valence-corrected chi connectivity index (χ1v) is 5.09. The monoisotopic (exact) mass is 204 g/mol. The summed E-state index contributed by atoms with van der Waals surface area (Å²) in [6.45, 7) is 0. The number of hydrogen-bond acceptors (Lipinski definition) is 5. The zero-order chi connectivity index (χ0) is 10.4. The van der Waals surface area contributed by atoms with Crippen LogP contribution in [0, 0.1) is 0 Å². The number of rotatable bonds is 0. The molecule has 1 aliphatic rings. The predicted molar refractivity (Wildman–Crippen MR) is 57.3 cm³/mol. The van der Waals surface area contributed by atoms with E-state index in [2.05, 4.69) is 9.97 Å². The maximum Gasteiger partial charge on any atom is 0.222 e. The summed E-state index contributed by atoms with van der Waals surface area (Å²) < 4.78 is 5.67. The van der Waals surface area contributed by atoms with Gasteiger partial charge in [0.25, 0.3) is 0 Å². The molecule has 0 fully saturated rings. The molecule has 0 saturated carbocycles. The van der Waals surface area contributed by atoms with Crippen LogP contribution in [0.1, 0.15) is 24.2 Å². The van der Waals surface area contributed by atoms with E-state index in [4.69, 9.17) is 15.9 Å². The van der Waals surface area contributed by atoms with Crippen LogP contribution in [0.4, 0.5) is 11.8 Å². The van der Waals surface area contributed by atoms with Gasteiger partial charge in [-0.15, -0.1) is 0 Å². The number of nitrogen functional groups attached to an aromatic ring is 2. The van der Waals surface area contributed by atoms with E-state index in [0.717, 1.165) is 36.1 Å². The van der Waals surface area contributed by atoms with Gasteiger partial charge in [0.15, 0.2) is 11.4 Å². The molecule has 0 amide bonds. The second-order valence-corrected chi connectivity index (χ2v) is 3.86. The van der Waals surface area contributed by atoms with E-state index >= 15 is 0 Å². The Morgan fingerprint density at radius 2 is 1.87 bits per heavy atom. The maximum atomic E-state index is 5.74. The average Bonchev–Trinajstić information content (AvgIpc) is 2.57. The molecule has 0 spiro atoms. The Hall–Kier alpha value is -1.78. The van der Waals surface area contributed by atoms with E-state index in [1.165, 1.54) is 6.42 Å². The van der Waals surface area contributed by atoms with Crippen LogP contribution in [-0.2, 0) is 12.8 Å². The molecular weight excluding hydrogens is 192 g/mol. The van der Waals surface area contributed by atoms with Gasteiger partial charge >= 0.3 is 0 Å². The number of nitrogens with two attached hydrogens (primary N) is 2. The molecule has 2 aromatic heterocycles. The summed E-state index contributed by atoms with van der Waals surface area (Å²) in [7, 11) is 0. The average molecular weight is 204 g/mol. The number of aromatic nitrogens is 2. The van der Waals surface area contributed by atoms with Gasteiger partial charge in [-0.1, -0.05) is 0 Å². The highest BCUT2D eigenvalue weighted by molar-refractivity contribution is 5.87. The molecule has 2 aromatic rings. The number of hydrogen-bond donors (Lipinski definition) is 2. The lowest BCUT2D eigenvalue weighted by molar-refractivity contribution is 0.506. The van der Waals surface area contributed by atoms with Crippen LogP contribution in [0.5, 0.6) is 0 Å². The molecule has 0 radical (unpaired) electrons. The van der Waals surface area contributed by atoms with Crippen LogP contribution in [0.2, 0.25) is 0 Å². The summed E-state index contributed by atoms with van der Waals surface area (Å²) >= 11 is 0. The first-order chi connectivity index (χ1) is 7.25. The lowest BCUT2D eigenvalue weighted by Crippen LogP contribution is -2.02. The van der Waals surface area contributed by atoms with Crippen molar-refractivity contribution >= 4 is 22.9 Å². The van der Waals surface area contributed by atoms with Gasteiger partial charge in [0.2, 0.25) is 5.95 Å². The molecular formula is C10H12N4O. The van der Waals surface area contributed by atoms with Crippen LogP contribution in [0.25, 0.3) is 11.1 Å². The fourth-order valence-electron chi connectivity index (χ4n) is 2.15. The zero-order valence-corrected chi connectivity index (χ0v) is 8.29. The van der Waals surface area contributed by atoms with Crippen molar-refractivity contribution in [1.29, 1.82) is 0 Å². The fourth-order valence-corrected chi connectivity index (χ4v) is 2.15. The molecule has 0 aromatic carbocycles. The number of aryl methyl sites for hydroxylation is 2. The van der Waals surface area contributed by atoms with E-state index in [1.54, 1.807) is 0 Å². The summed E-state index contributed by atoms with van der Waals surface area (Å²) in [6, 6.07) is 0. The van der Waals surface area contributed by atoms with Crippen molar-refractivity contribution in [2.45, 2.75) is 25.7 Å². The van der Waals surface area contributed by atoms with E-state index < -0.39 is 0 Å². The van der Waals surface area contributed by atoms with Crippen LogP contribution in [0.3, 0.4) is 0 Å². The predicted octanol–water partition coefficient (Wildman–Crippen LogP) is 1.27. The molecule has 0 bridgehead atoms. The SMILES string of the molecule is Nc1nc(N)c2oc3c(c2n1)CCCC3. The smallest absolute Gasteiger partial charge is 0.222 e. The van der Waals surface area contributed by atoms with Gasteiger partial charge in [0, 0.05) is 12.0 Å². The minimum Gasteiger partial charge on any atom is -0.455 e. The molecule has 4 N–H and O–H groups in total. The van der Waals surface area contributed by atoms with E-state index in [-0.39, 0.29) is 5.95 Å². The normalized spacial score (nSPS) is 15.5. The summed E-state index contributed by atoms with van der Waals surface area (Å²) in [6.07, 6.45) is 4.30. The number of fused-ring (bicyclic) bond motifs is 3. The van der Waals surface area contributed by atoms with E-state index in [9.17, 15) is 0 Å². The Bertz CT molecular complexity index is 532. The van der Waals surface area contributed by atoms with Gasteiger partial charge < -0.3 is 15.9 Å². The first kappa shape index (κ1) is 8.52. The summed E-state index contributed by atoms with van der Waals surface area (Å²) in [4.78, 5) is 8.10. The lowest BCUT2D eigenvalue weighted by Gasteiger charge is -2.07. The maximum absolute atomic E-state index is 5.74. The van der Waals surface area contributed by atoms with Crippen LogP contribution >= 0.6 is 0 Å². The van der Waals surface area contributed by atoms with Crippen LogP contribution in [-0.4, -0.2) is 9.97 Å². The molecule has 78 valence electrons. The van der Waals surface area contributed by atoms with Gasteiger partial charge in [0.05, 0.1) is 0 Å². The Labute approximate surface area is 86.5 Å². The van der Waals surface area contributed by atoms with Gasteiger partial charge in [-0.05, 0) is 19.3 Å². The largest absolute Gasteiger partial charge is 0.455 e. The molecule has 0 unspecified atom stereocenters. The lowest BCUT2D eigenvalue weighted by atomic mass is 9.98. The summed E-state index contributed by atoms with van der Waals surface area (Å²) in [5.41, 5.74) is 13.9. The Balaban J connectivity index is 2.37. The molecule has 1 aliphatic carbocycles. The number of anilines is 2. The van der Waals surface area contributed by atoms with Gasteiger partial charge in [0.1, 0.15) is 11.3 Å². The molecule has 5 nitrogen and oxygen atoms in total. The third-order valence-corrected chi connectivity index (χ3v) is 2.84. The van der Waals surface area contributed by atoms with Crippen molar-refractivity contribution in [1.82, 2.24) is 9.97 Å². The van der Waals surface area contributed by atoms with E-state index in [1.807, 2.05) is 0 Å². The minimum absolute atomic E-state index is 0.217. The highest BCUT2D eigenvalue weighted by Crippen LogP contribution is 2.32. The van der Waals surface area contributed by atoms with Crippen LogP contribution < -0.4 is 11.5 Å². The Kier molecular flexibility index (Phi) is 1.62. The quantitative estimate of drug-likeness (QED) is 0.674. The van der Waals surface area contributed by atoms with Crippen molar-refractivity contribution in [3.8, 4) is 0 Å². The molecule has 0 atom stereocenters. The molecule has 3 rings (SSSR count). The minimum atomic E-state index is 0.217. The van der Waals surface area contributed by atoms with Gasteiger partial charge in [-0.2, -0.15) is 4.98 Å². The van der Waals surface area contributed by atoms with Crippen molar-refractivity contribution in [2.75, 3.05) is 11.5 Å². The second kappa shape index (κ2) is 2.85. The number of nitrogens with zero attached hydrogens (tertiary/aromatic N) is 2. The molecule has 5 heteroatoms. The van der Waals surface area contributed by atoms with E-state index in [0.29, 0.717) is 11.4 Å². The molecule has 0 aliphatic heterocycles. The standard InChI is InChI=1S/C10H12N4O/c11-9-8-7(13-10(12)14-9)5-3-1-2-4-6(5)15-8/h1-4H2,(H4,11,12,13,14).